The van der Waals surface area contributed by atoms with E-state index >= 15 is 0 Å². The maximum absolute atomic E-state index is 12.3. The number of carbonyl (C=O) groups is 1. The van der Waals surface area contributed by atoms with E-state index < -0.39 is 0 Å². The molecule has 0 bridgehead atoms. The normalized spacial score (nSPS) is 35.4. The molecule has 4 atom stereocenters. The van der Waals surface area contributed by atoms with Crippen molar-refractivity contribution in [2.45, 2.75) is 84.5 Å². The van der Waals surface area contributed by atoms with Crippen LogP contribution in [0.1, 0.15) is 71.6 Å². The fourth-order valence-electron chi connectivity index (χ4n) is 5.78. The van der Waals surface area contributed by atoms with Crippen molar-refractivity contribution in [2.24, 2.45) is 23.2 Å². The Morgan fingerprint density at radius 1 is 1.35 bits per heavy atom. The number of Topliss-reactive ketones (excluding diaryl/α,β-unsaturated/α-hetero) is 1. The molecule has 4 heteroatoms. The van der Waals surface area contributed by atoms with Crippen molar-refractivity contribution >= 4 is 12.8 Å². The van der Waals surface area contributed by atoms with Gasteiger partial charge >= 0.3 is 7.05 Å². The van der Waals surface area contributed by atoms with Gasteiger partial charge in [-0.15, -0.1) is 0 Å². The summed E-state index contributed by atoms with van der Waals surface area (Å²) in [6.45, 7) is 7.73. The van der Waals surface area contributed by atoms with Crippen molar-refractivity contribution in [3.8, 4) is 0 Å². The lowest BCUT2D eigenvalue weighted by atomic mass is 9.62. The molecule has 3 rings (SSSR count). The quantitative estimate of drug-likeness (QED) is 0.726. The van der Waals surface area contributed by atoms with Crippen molar-refractivity contribution < 1.29 is 9.82 Å². The zero-order valence-electron chi connectivity index (χ0n) is 15.3. The average Bonchev–Trinajstić information content (AvgIpc) is 3.24. The van der Waals surface area contributed by atoms with E-state index in [1.807, 2.05) is 6.82 Å². The van der Waals surface area contributed by atoms with Gasteiger partial charge in [0.1, 0.15) is 5.78 Å². The number of hydrogen-bond donors (Lipinski definition) is 1. The van der Waals surface area contributed by atoms with E-state index in [1.54, 1.807) is 0 Å². The van der Waals surface area contributed by atoms with Crippen molar-refractivity contribution in [1.29, 1.82) is 0 Å². The third-order valence-corrected chi connectivity index (χ3v) is 7.20. The van der Waals surface area contributed by atoms with E-state index in [1.165, 1.54) is 38.5 Å². The van der Waals surface area contributed by atoms with Crippen LogP contribution in [0.15, 0.2) is 0 Å². The fourth-order valence-corrected chi connectivity index (χ4v) is 5.78. The minimum absolute atomic E-state index is 0.273. The van der Waals surface area contributed by atoms with Crippen LogP contribution in [-0.4, -0.2) is 35.3 Å². The van der Waals surface area contributed by atoms with Gasteiger partial charge in [0.2, 0.25) is 0 Å². The maximum Gasteiger partial charge on any atom is 0.376 e. The topological polar surface area (TPSA) is 40.5 Å². The zero-order chi connectivity index (χ0) is 16.6. The molecule has 0 aromatic rings. The zero-order valence-corrected chi connectivity index (χ0v) is 15.3. The number of ketones is 1. The first kappa shape index (κ1) is 17.5. The lowest BCUT2D eigenvalue weighted by Gasteiger charge is -2.42. The highest BCUT2D eigenvalue weighted by molar-refractivity contribution is 6.45. The van der Waals surface area contributed by atoms with Gasteiger partial charge in [-0.1, -0.05) is 13.8 Å². The molecular formula is C19H34BNO2. The van der Waals surface area contributed by atoms with E-state index in [-0.39, 0.29) is 12.5 Å². The first-order valence-corrected chi connectivity index (χ1v) is 9.90. The van der Waals surface area contributed by atoms with Crippen LogP contribution in [0.3, 0.4) is 0 Å². The molecule has 0 radical (unpaired) electrons. The van der Waals surface area contributed by atoms with Crippen LogP contribution < -0.4 is 0 Å². The highest BCUT2D eigenvalue weighted by Crippen LogP contribution is 2.57. The molecule has 0 aromatic heterocycles. The maximum atomic E-state index is 12.3. The summed E-state index contributed by atoms with van der Waals surface area (Å²) >= 11 is 0. The van der Waals surface area contributed by atoms with Gasteiger partial charge in [-0.25, -0.2) is 0 Å². The average molecular weight is 319 g/mol. The molecule has 3 nitrogen and oxygen atoms in total. The standard InChI is InChI=1S/C19H34BNO2/c1-14(6-5-13-21(20(3)23)15-8-9-15)16-10-11-17-18(22)7-4-12-19(16,17)2/h14-17,23H,4-13H2,1-3H3/t14-,16-,17+,19-/m1/s1. The van der Waals surface area contributed by atoms with Gasteiger partial charge < -0.3 is 9.83 Å². The van der Waals surface area contributed by atoms with Gasteiger partial charge in [-0.05, 0) is 82.0 Å². The van der Waals surface area contributed by atoms with Crippen molar-refractivity contribution in [3.63, 3.8) is 0 Å². The van der Waals surface area contributed by atoms with Gasteiger partial charge in [0, 0.05) is 18.4 Å². The fraction of sp³-hybridized carbons (Fsp3) is 0.947. The minimum atomic E-state index is -0.304. The van der Waals surface area contributed by atoms with Crippen molar-refractivity contribution in [1.82, 2.24) is 4.81 Å². The first-order chi connectivity index (χ1) is 10.9. The van der Waals surface area contributed by atoms with Crippen LogP contribution in [0.4, 0.5) is 0 Å². The smallest absolute Gasteiger partial charge is 0.376 e. The summed E-state index contributed by atoms with van der Waals surface area (Å²) in [5.74, 6) is 2.32. The summed E-state index contributed by atoms with van der Waals surface area (Å²) in [6.07, 6.45) is 10.5. The molecule has 0 aromatic carbocycles. The molecule has 0 unspecified atom stereocenters. The molecule has 0 amide bonds. The lowest BCUT2D eigenvalue weighted by Crippen LogP contribution is -2.40. The third kappa shape index (κ3) is 3.53. The molecule has 3 aliphatic carbocycles. The van der Waals surface area contributed by atoms with Crippen LogP contribution in [0, 0.1) is 23.2 Å². The Kier molecular flexibility index (Phi) is 5.22. The Hall–Kier alpha value is -0.345. The Balaban J connectivity index is 1.52. The van der Waals surface area contributed by atoms with E-state index in [2.05, 4.69) is 18.7 Å². The molecule has 0 aliphatic heterocycles. The minimum Gasteiger partial charge on any atom is -0.437 e. The first-order valence-electron chi connectivity index (χ1n) is 9.90. The largest absolute Gasteiger partial charge is 0.437 e. The molecule has 130 valence electrons. The lowest BCUT2D eigenvalue weighted by molar-refractivity contribution is -0.130. The second-order valence-corrected chi connectivity index (χ2v) is 8.78. The highest BCUT2D eigenvalue weighted by Gasteiger charge is 2.52. The Morgan fingerprint density at radius 2 is 2.09 bits per heavy atom. The molecule has 0 heterocycles. The summed E-state index contributed by atoms with van der Waals surface area (Å²) < 4.78 is 0. The van der Waals surface area contributed by atoms with Gasteiger partial charge in [-0.3, -0.25) is 4.79 Å². The Bertz CT molecular complexity index is 435. The summed E-state index contributed by atoms with van der Waals surface area (Å²) in [5, 5.41) is 9.91. The third-order valence-electron chi connectivity index (χ3n) is 7.20. The molecule has 0 spiro atoms. The molecule has 23 heavy (non-hydrogen) atoms. The van der Waals surface area contributed by atoms with Gasteiger partial charge in [0.05, 0.1) is 0 Å². The summed E-state index contributed by atoms with van der Waals surface area (Å²) in [6, 6.07) is 0.634. The van der Waals surface area contributed by atoms with E-state index in [4.69, 9.17) is 0 Å². The summed E-state index contributed by atoms with van der Waals surface area (Å²) in [4.78, 5) is 14.5. The van der Waals surface area contributed by atoms with E-state index in [9.17, 15) is 9.82 Å². The molecule has 3 saturated carbocycles. The number of rotatable bonds is 7. The van der Waals surface area contributed by atoms with E-state index in [0.29, 0.717) is 23.7 Å². The van der Waals surface area contributed by atoms with Crippen LogP contribution in [0.25, 0.3) is 0 Å². The predicted molar refractivity (Wildman–Crippen MR) is 95.1 cm³/mol. The monoisotopic (exact) mass is 319 g/mol. The second-order valence-electron chi connectivity index (χ2n) is 8.78. The van der Waals surface area contributed by atoms with Crippen molar-refractivity contribution in [3.05, 3.63) is 0 Å². The number of nitrogens with zero attached hydrogens (tertiary/aromatic N) is 1. The Labute approximate surface area is 142 Å². The second kappa shape index (κ2) is 6.88. The Morgan fingerprint density at radius 3 is 2.74 bits per heavy atom. The van der Waals surface area contributed by atoms with Crippen LogP contribution >= 0.6 is 0 Å². The molecule has 3 fully saturated rings. The number of carbonyl (C=O) groups excluding carboxylic acids is 1. The molecule has 1 N–H and O–H groups in total. The number of fused-ring (bicyclic) bond motifs is 1. The van der Waals surface area contributed by atoms with Crippen molar-refractivity contribution in [2.75, 3.05) is 6.54 Å². The summed E-state index contributed by atoms with van der Waals surface area (Å²) in [7, 11) is -0.304. The predicted octanol–water partition coefficient (Wildman–Crippen LogP) is 3.76. The van der Waals surface area contributed by atoms with E-state index in [0.717, 1.165) is 31.7 Å². The van der Waals surface area contributed by atoms with Crippen LogP contribution in [0.5, 0.6) is 0 Å². The SMILES string of the molecule is CB(O)N(CCC[C@@H](C)[C@H]1CC[C@H]2C(=O)CCC[C@]12C)C1CC1. The molecular weight excluding hydrogens is 285 g/mol. The van der Waals surface area contributed by atoms with Crippen LogP contribution in [-0.2, 0) is 4.79 Å². The molecule has 0 saturated heterocycles. The van der Waals surface area contributed by atoms with Gasteiger partial charge in [0.15, 0.2) is 0 Å². The molecule has 3 aliphatic rings. The highest BCUT2D eigenvalue weighted by atomic mass is 16.2. The number of hydrogen-bond acceptors (Lipinski definition) is 3. The summed E-state index contributed by atoms with van der Waals surface area (Å²) in [5.41, 5.74) is 0.273. The van der Waals surface area contributed by atoms with Gasteiger partial charge in [-0.2, -0.15) is 0 Å². The van der Waals surface area contributed by atoms with Gasteiger partial charge in [0.25, 0.3) is 0 Å². The van der Waals surface area contributed by atoms with Crippen LogP contribution in [0.2, 0.25) is 6.82 Å².